The van der Waals surface area contributed by atoms with Gasteiger partial charge in [-0.1, -0.05) is 30.7 Å². The lowest BCUT2D eigenvalue weighted by Crippen LogP contribution is -2.12. The van der Waals surface area contributed by atoms with E-state index in [4.69, 9.17) is 16.3 Å². The van der Waals surface area contributed by atoms with Gasteiger partial charge < -0.3 is 10.1 Å². The summed E-state index contributed by atoms with van der Waals surface area (Å²) in [6, 6.07) is 9.90. The third-order valence-corrected chi connectivity index (χ3v) is 3.13. The summed E-state index contributed by atoms with van der Waals surface area (Å²) in [6.07, 6.45) is 4.62. The number of nitrogens with one attached hydrogen (secondary N) is 1. The van der Waals surface area contributed by atoms with Crippen molar-refractivity contribution in [2.75, 3.05) is 6.61 Å². The number of aromatic nitrogens is 1. The molecule has 4 heteroatoms. The van der Waals surface area contributed by atoms with Crippen LogP contribution >= 0.6 is 11.6 Å². The van der Waals surface area contributed by atoms with Crippen LogP contribution < -0.4 is 10.1 Å². The second kappa shape index (κ2) is 7.88. The number of hydrogen-bond acceptors (Lipinski definition) is 3. The summed E-state index contributed by atoms with van der Waals surface area (Å²) in [4.78, 5) is 4.09. The molecule has 0 amide bonds. The lowest BCUT2D eigenvalue weighted by atomic mass is 10.2. The number of hydrogen-bond donors (Lipinski definition) is 1. The molecule has 0 radical (unpaired) electrons. The molecule has 2 aromatic rings. The zero-order valence-corrected chi connectivity index (χ0v) is 12.4. The first-order valence-corrected chi connectivity index (χ1v) is 7.18. The van der Waals surface area contributed by atoms with Crippen molar-refractivity contribution in [1.82, 2.24) is 10.3 Å². The molecule has 2 rings (SSSR count). The summed E-state index contributed by atoms with van der Waals surface area (Å²) in [5.74, 6) is 0.754. The van der Waals surface area contributed by atoms with E-state index < -0.39 is 0 Å². The Bertz CT molecular complexity index is 531. The normalized spacial score (nSPS) is 10.5. The molecular formula is C16H19ClN2O. The van der Waals surface area contributed by atoms with E-state index in [0.717, 1.165) is 30.8 Å². The van der Waals surface area contributed by atoms with Gasteiger partial charge in [0.1, 0.15) is 5.75 Å². The van der Waals surface area contributed by atoms with Gasteiger partial charge in [0, 0.05) is 25.5 Å². The molecule has 1 heterocycles. The first-order valence-electron chi connectivity index (χ1n) is 6.80. The summed E-state index contributed by atoms with van der Waals surface area (Å²) in [7, 11) is 0. The predicted molar refractivity (Wildman–Crippen MR) is 82.0 cm³/mol. The maximum Gasteiger partial charge on any atom is 0.137 e. The number of halogens is 1. The Morgan fingerprint density at radius 3 is 2.75 bits per heavy atom. The van der Waals surface area contributed by atoms with Crippen LogP contribution in [-0.4, -0.2) is 11.6 Å². The monoisotopic (exact) mass is 290 g/mol. The molecule has 1 aromatic heterocycles. The van der Waals surface area contributed by atoms with Crippen molar-refractivity contribution in [3.05, 3.63) is 58.9 Å². The van der Waals surface area contributed by atoms with Crippen LogP contribution in [0.5, 0.6) is 5.75 Å². The highest BCUT2D eigenvalue weighted by Gasteiger charge is 2.03. The molecule has 0 unspecified atom stereocenters. The summed E-state index contributed by atoms with van der Waals surface area (Å²) in [5.41, 5.74) is 2.31. The smallest absolute Gasteiger partial charge is 0.137 e. The van der Waals surface area contributed by atoms with Crippen LogP contribution in [0, 0.1) is 0 Å². The van der Waals surface area contributed by atoms with E-state index in [1.807, 2.05) is 30.5 Å². The average Bonchev–Trinajstić information content (AvgIpc) is 2.47. The van der Waals surface area contributed by atoms with Gasteiger partial charge in [0.05, 0.1) is 11.6 Å². The van der Waals surface area contributed by atoms with E-state index in [1.54, 1.807) is 6.20 Å². The fraction of sp³-hybridized carbons (Fsp3) is 0.312. The SMILES string of the molecule is CCCOc1ccc(CNCc2cccnc2)cc1Cl. The van der Waals surface area contributed by atoms with Crippen LogP contribution in [0.15, 0.2) is 42.7 Å². The zero-order valence-electron chi connectivity index (χ0n) is 11.6. The number of ether oxygens (including phenoxy) is 1. The molecule has 0 spiro atoms. The predicted octanol–water partition coefficient (Wildman–Crippen LogP) is 3.81. The fourth-order valence-corrected chi connectivity index (χ4v) is 2.09. The average molecular weight is 291 g/mol. The second-order valence-corrected chi connectivity index (χ2v) is 4.99. The van der Waals surface area contributed by atoms with Crippen LogP contribution in [0.3, 0.4) is 0 Å². The van der Waals surface area contributed by atoms with Crippen molar-refractivity contribution in [1.29, 1.82) is 0 Å². The van der Waals surface area contributed by atoms with Crippen molar-refractivity contribution in [3.63, 3.8) is 0 Å². The van der Waals surface area contributed by atoms with Crippen LogP contribution in [0.25, 0.3) is 0 Å². The number of benzene rings is 1. The lowest BCUT2D eigenvalue weighted by molar-refractivity contribution is 0.317. The van der Waals surface area contributed by atoms with Crippen LogP contribution in [0.1, 0.15) is 24.5 Å². The standard InChI is InChI=1S/C16H19ClN2O/c1-2-8-20-16-6-5-13(9-15(16)17)10-19-12-14-4-3-7-18-11-14/h3-7,9,11,19H,2,8,10,12H2,1H3. The molecule has 0 aliphatic heterocycles. The van der Waals surface area contributed by atoms with E-state index in [-0.39, 0.29) is 0 Å². The molecule has 1 aromatic carbocycles. The molecule has 0 saturated heterocycles. The Hall–Kier alpha value is -1.58. The zero-order chi connectivity index (χ0) is 14.2. The van der Waals surface area contributed by atoms with Gasteiger partial charge in [0.25, 0.3) is 0 Å². The maximum absolute atomic E-state index is 6.20. The van der Waals surface area contributed by atoms with Gasteiger partial charge in [-0.2, -0.15) is 0 Å². The third-order valence-electron chi connectivity index (χ3n) is 2.84. The highest BCUT2D eigenvalue weighted by molar-refractivity contribution is 6.32. The second-order valence-electron chi connectivity index (χ2n) is 4.58. The molecule has 20 heavy (non-hydrogen) atoms. The molecule has 106 valence electrons. The molecule has 0 bridgehead atoms. The van der Waals surface area contributed by atoms with Crippen molar-refractivity contribution in [3.8, 4) is 5.75 Å². The highest BCUT2D eigenvalue weighted by atomic mass is 35.5. The Labute approximate surface area is 124 Å². The Kier molecular flexibility index (Phi) is 5.84. The van der Waals surface area contributed by atoms with Crippen molar-refractivity contribution < 1.29 is 4.74 Å². The van der Waals surface area contributed by atoms with Gasteiger partial charge in [0.2, 0.25) is 0 Å². The van der Waals surface area contributed by atoms with Gasteiger partial charge >= 0.3 is 0 Å². The number of nitrogens with zero attached hydrogens (tertiary/aromatic N) is 1. The minimum absolute atomic E-state index is 0.666. The summed E-state index contributed by atoms with van der Waals surface area (Å²) in [5, 5.41) is 4.03. The van der Waals surface area contributed by atoms with Crippen molar-refractivity contribution in [2.24, 2.45) is 0 Å². The highest BCUT2D eigenvalue weighted by Crippen LogP contribution is 2.25. The number of pyridine rings is 1. The molecule has 0 aliphatic carbocycles. The van der Waals surface area contributed by atoms with Gasteiger partial charge in [-0.3, -0.25) is 4.98 Å². The van der Waals surface area contributed by atoms with E-state index in [1.165, 1.54) is 5.56 Å². The molecule has 0 aliphatic rings. The minimum atomic E-state index is 0.666. The summed E-state index contributed by atoms with van der Waals surface area (Å²) < 4.78 is 5.55. The Balaban J connectivity index is 1.85. The van der Waals surface area contributed by atoms with Crippen molar-refractivity contribution in [2.45, 2.75) is 26.4 Å². The third kappa shape index (κ3) is 4.51. The van der Waals surface area contributed by atoms with Crippen molar-refractivity contribution >= 4 is 11.6 Å². The minimum Gasteiger partial charge on any atom is -0.492 e. The number of rotatable bonds is 7. The molecular weight excluding hydrogens is 272 g/mol. The van der Waals surface area contributed by atoms with E-state index >= 15 is 0 Å². The van der Waals surface area contributed by atoms with Gasteiger partial charge in [-0.15, -0.1) is 0 Å². The molecule has 0 fully saturated rings. The van der Waals surface area contributed by atoms with Crippen LogP contribution in [0.4, 0.5) is 0 Å². The molecule has 3 nitrogen and oxygen atoms in total. The van der Waals surface area contributed by atoms with Gasteiger partial charge in [-0.05, 0) is 35.7 Å². The van der Waals surface area contributed by atoms with Crippen LogP contribution in [0.2, 0.25) is 5.02 Å². The van der Waals surface area contributed by atoms with E-state index in [9.17, 15) is 0 Å². The lowest BCUT2D eigenvalue weighted by Gasteiger charge is -2.09. The molecule has 0 saturated carbocycles. The van der Waals surface area contributed by atoms with Gasteiger partial charge in [0.15, 0.2) is 0 Å². The largest absolute Gasteiger partial charge is 0.492 e. The first-order chi connectivity index (χ1) is 9.79. The summed E-state index contributed by atoms with van der Waals surface area (Å²) in [6.45, 7) is 4.32. The topological polar surface area (TPSA) is 34.1 Å². The van der Waals surface area contributed by atoms with E-state index in [0.29, 0.717) is 11.6 Å². The summed E-state index contributed by atoms with van der Waals surface area (Å²) >= 11 is 6.20. The maximum atomic E-state index is 6.20. The molecule has 1 N–H and O–H groups in total. The first kappa shape index (κ1) is 14.8. The Morgan fingerprint density at radius 2 is 2.05 bits per heavy atom. The Morgan fingerprint density at radius 1 is 1.20 bits per heavy atom. The molecule has 0 atom stereocenters. The van der Waals surface area contributed by atoms with E-state index in [2.05, 4.69) is 23.3 Å². The quantitative estimate of drug-likeness (QED) is 0.842. The fourth-order valence-electron chi connectivity index (χ4n) is 1.84. The van der Waals surface area contributed by atoms with Crippen LogP contribution in [-0.2, 0) is 13.1 Å². The van der Waals surface area contributed by atoms with Gasteiger partial charge in [-0.25, -0.2) is 0 Å².